The first-order valence-electron chi connectivity index (χ1n) is 9.59. The van der Waals surface area contributed by atoms with Gasteiger partial charge in [0, 0.05) is 19.8 Å². The molecular formula is C20H25N5O4S. The highest BCUT2D eigenvalue weighted by molar-refractivity contribution is 7.89. The zero-order valence-corrected chi connectivity index (χ0v) is 18.2. The average Bonchev–Trinajstić information content (AvgIpc) is 3.14. The van der Waals surface area contributed by atoms with Crippen LogP contribution in [-0.2, 0) is 27.7 Å². The fraction of sp³-hybridized carbons (Fsp3) is 0.350. The van der Waals surface area contributed by atoms with Gasteiger partial charge in [-0.15, -0.1) is 5.10 Å². The van der Waals surface area contributed by atoms with Gasteiger partial charge in [-0.25, -0.2) is 12.7 Å². The van der Waals surface area contributed by atoms with Crippen molar-refractivity contribution in [3.05, 3.63) is 47.5 Å². The molecule has 0 saturated heterocycles. The Kier molecular flexibility index (Phi) is 6.37. The van der Waals surface area contributed by atoms with Crippen LogP contribution in [0.5, 0.6) is 0 Å². The number of aromatic nitrogens is 3. The first-order valence-corrected chi connectivity index (χ1v) is 11.0. The maximum Gasteiger partial charge on any atom is 0.265 e. The summed E-state index contributed by atoms with van der Waals surface area (Å²) in [5.74, 6) is -0.341. The lowest BCUT2D eigenvalue weighted by Crippen LogP contribution is -2.27. The van der Waals surface area contributed by atoms with Gasteiger partial charge in [-0.2, -0.15) is 0 Å². The van der Waals surface area contributed by atoms with Gasteiger partial charge in [0.05, 0.1) is 4.90 Å². The van der Waals surface area contributed by atoms with E-state index in [1.807, 2.05) is 32.0 Å². The summed E-state index contributed by atoms with van der Waals surface area (Å²) in [6.07, 6.45) is 1.59. The molecule has 1 N–H and O–H groups in total. The highest BCUT2D eigenvalue weighted by Crippen LogP contribution is 2.22. The van der Waals surface area contributed by atoms with E-state index in [0.717, 1.165) is 38.8 Å². The SMILES string of the molecule is CCc1cccc(CC)c1NC(=O)COn1nnc2ccc(S(=O)(=O)N(C)C)cc21. The summed E-state index contributed by atoms with van der Waals surface area (Å²) >= 11 is 0. The Labute approximate surface area is 175 Å². The Bertz CT molecular complexity index is 1150. The molecule has 1 amide bonds. The predicted molar refractivity (Wildman–Crippen MR) is 114 cm³/mol. The second-order valence-electron chi connectivity index (χ2n) is 6.88. The molecule has 0 radical (unpaired) electrons. The summed E-state index contributed by atoms with van der Waals surface area (Å²) in [6.45, 7) is 3.76. The van der Waals surface area contributed by atoms with Crippen LogP contribution in [-0.4, -0.2) is 54.5 Å². The van der Waals surface area contributed by atoms with Crippen LogP contribution in [0.15, 0.2) is 41.3 Å². The van der Waals surface area contributed by atoms with Crippen molar-refractivity contribution in [2.24, 2.45) is 0 Å². The number of nitrogens with one attached hydrogen (secondary N) is 1. The van der Waals surface area contributed by atoms with E-state index in [9.17, 15) is 13.2 Å². The molecule has 30 heavy (non-hydrogen) atoms. The van der Waals surface area contributed by atoms with Crippen LogP contribution in [0.4, 0.5) is 5.69 Å². The highest BCUT2D eigenvalue weighted by Gasteiger charge is 2.19. The van der Waals surface area contributed by atoms with Gasteiger partial charge in [-0.1, -0.05) is 36.9 Å². The van der Waals surface area contributed by atoms with Crippen molar-refractivity contribution in [3.63, 3.8) is 0 Å². The van der Waals surface area contributed by atoms with Crippen LogP contribution in [0.2, 0.25) is 0 Å². The van der Waals surface area contributed by atoms with E-state index in [2.05, 4.69) is 15.6 Å². The molecule has 0 aliphatic rings. The van der Waals surface area contributed by atoms with E-state index >= 15 is 0 Å². The van der Waals surface area contributed by atoms with Crippen LogP contribution < -0.4 is 10.2 Å². The molecule has 2 aromatic carbocycles. The summed E-state index contributed by atoms with van der Waals surface area (Å²) < 4.78 is 25.9. The molecule has 0 saturated carbocycles. The average molecular weight is 432 g/mol. The topological polar surface area (TPSA) is 106 Å². The molecular weight excluding hydrogens is 406 g/mol. The Morgan fingerprint density at radius 3 is 2.40 bits per heavy atom. The Morgan fingerprint density at radius 2 is 1.80 bits per heavy atom. The third-order valence-electron chi connectivity index (χ3n) is 4.75. The van der Waals surface area contributed by atoms with E-state index < -0.39 is 10.0 Å². The summed E-state index contributed by atoms with van der Waals surface area (Å²) in [4.78, 5) is 19.1. The number of carbonyl (C=O) groups excluding carboxylic acids is 1. The number of aryl methyl sites for hydroxylation is 2. The van der Waals surface area contributed by atoms with Gasteiger partial charge in [0.15, 0.2) is 6.61 Å². The maximum atomic E-state index is 12.5. The predicted octanol–water partition coefficient (Wildman–Crippen LogP) is 1.87. The lowest BCUT2D eigenvalue weighted by atomic mass is 10.0. The van der Waals surface area contributed by atoms with Crippen molar-refractivity contribution in [1.82, 2.24) is 19.5 Å². The molecule has 1 heterocycles. The van der Waals surface area contributed by atoms with Crippen molar-refractivity contribution in [2.75, 3.05) is 26.0 Å². The monoisotopic (exact) mass is 431 g/mol. The number of hydrogen-bond donors (Lipinski definition) is 1. The van der Waals surface area contributed by atoms with E-state index in [1.54, 1.807) is 6.07 Å². The number of amides is 1. The van der Waals surface area contributed by atoms with Crippen molar-refractivity contribution < 1.29 is 18.0 Å². The zero-order chi connectivity index (χ0) is 21.9. The number of sulfonamides is 1. The van der Waals surface area contributed by atoms with Crippen LogP contribution in [0, 0.1) is 0 Å². The lowest BCUT2D eigenvalue weighted by molar-refractivity contribution is -0.121. The largest absolute Gasteiger partial charge is 0.385 e. The van der Waals surface area contributed by atoms with E-state index in [0.29, 0.717) is 11.0 Å². The van der Waals surface area contributed by atoms with Crippen LogP contribution >= 0.6 is 0 Å². The Balaban J connectivity index is 1.79. The lowest BCUT2D eigenvalue weighted by Gasteiger charge is -2.14. The number of hydrogen-bond acceptors (Lipinski definition) is 6. The van der Waals surface area contributed by atoms with Crippen molar-refractivity contribution in [3.8, 4) is 0 Å². The van der Waals surface area contributed by atoms with Crippen molar-refractivity contribution >= 4 is 32.7 Å². The molecule has 1 aromatic heterocycles. The molecule has 0 aliphatic heterocycles. The second-order valence-corrected chi connectivity index (χ2v) is 9.03. The number of para-hydroxylation sites is 1. The van der Waals surface area contributed by atoms with Gasteiger partial charge < -0.3 is 10.2 Å². The minimum absolute atomic E-state index is 0.0843. The van der Waals surface area contributed by atoms with E-state index in [-0.39, 0.29) is 17.4 Å². The summed E-state index contributed by atoms with van der Waals surface area (Å²) in [6, 6.07) is 10.4. The molecule has 0 spiro atoms. The van der Waals surface area contributed by atoms with E-state index in [1.165, 1.54) is 26.2 Å². The van der Waals surface area contributed by atoms with Gasteiger partial charge >= 0.3 is 0 Å². The first-order chi connectivity index (χ1) is 14.3. The summed E-state index contributed by atoms with van der Waals surface area (Å²) in [5.41, 5.74) is 3.71. The number of benzene rings is 2. The fourth-order valence-electron chi connectivity index (χ4n) is 3.04. The molecule has 0 fully saturated rings. The molecule has 9 nitrogen and oxygen atoms in total. The molecule has 0 atom stereocenters. The third-order valence-corrected chi connectivity index (χ3v) is 6.56. The van der Waals surface area contributed by atoms with Gasteiger partial charge in [0.1, 0.15) is 11.0 Å². The Hall–Kier alpha value is -2.98. The smallest absolute Gasteiger partial charge is 0.265 e. The molecule has 0 bridgehead atoms. The normalized spacial score (nSPS) is 11.8. The van der Waals surface area contributed by atoms with Crippen molar-refractivity contribution in [2.45, 2.75) is 31.6 Å². The van der Waals surface area contributed by atoms with Crippen molar-refractivity contribution in [1.29, 1.82) is 0 Å². The first kappa shape index (κ1) is 21.7. The van der Waals surface area contributed by atoms with E-state index in [4.69, 9.17) is 4.84 Å². The number of anilines is 1. The van der Waals surface area contributed by atoms with Crippen LogP contribution in [0.25, 0.3) is 11.0 Å². The fourth-order valence-corrected chi connectivity index (χ4v) is 3.97. The molecule has 3 aromatic rings. The Morgan fingerprint density at radius 1 is 1.13 bits per heavy atom. The highest BCUT2D eigenvalue weighted by atomic mass is 32.2. The molecule has 10 heteroatoms. The standard InChI is InChI=1S/C20H25N5O4S/c1-5-14-8-7-9-15(6-2)20(14)21-19(26)13-29-25-18-12-16(30(27,28)24(3)4)10-11-17(18)22-23-25/h7-12H,5-6,13H2,1-4H3,(H,21,26). The molecule has 0 unspecified atom stereocenters. The molecule has 160 valence electrons. The third kappa shape index (κ3) is 4.29. The number of carbonyl (C=O) groups is 1. The maximum absolute atomic E-state index is 12.5. The van der Waals surface area contributed by atoms with Gasteiger partial charge in [-0.3, -0.25) is 4.79 Å². The van der Waals surface area contributed by atoms with Gasteiger partial charge in [0.25, 0.3) is 5.91 Å². The van der Waals surface area contributed by atoms with Crippen LogP contribution in [0.3, 0.4) is 0 Å². The zero-order valence-electron chi connectivity index (χ0n) is 17.4. The second kappa shape index (κ2) is 8.80. The summed E-state index contributed by atoms with van der Waals surface area (Å²) in [7, 11) is -0.715. The molecule has 0 aliphatic carbocycles. The quantitative estimate of drug-likeness (QED) is 0.584. The number of rotatable bonds is 8. The van der Waals surface area contributed by atoms with Gasteiger partial charge in [-0.05, 0) is 47.4 Å². The minimum atomic E-state index is -3.62. The number of fused-ring (bicyclic) bond motifs is 1. The minimum Gasteiger partial charge on any atom is -0.385 e. The van der Waals surface area contributed by atoms with Crippen LogP contribution in [0.1, 0.15) is 25.0 Å². The molecule has 3 rings (SSSR count). The number of nitrogens with zero attached hydrogens (tertiary/aromatic N) is 4. The summed E-state index contributed by atoms with van der Waals surface area (Å²) in [5, 5.41) is 10.7. The van der Waals surface area contributed by atoms with Gasteiger partial charge in [0.2, 0.25) is 10.0 Å².